The molecule has 1 aromatic rings. The highest BCUT2D eigenvalue weighted by Crippen LogP contribution is 2.46. The minimum Gasteiger partial charge on any atom is -0.321 e. The van der Waals surface area contributed by atoms with Crippen molar-refractivity contribution < 1.29 is 0 Å². The van der Waals surface area contributed by atoms with Crippen molar-refractivity contribution in [1.29, 1.82) is 0 Å². The molecule has 94 valence electrons. The third-order valence-electron chi connectivity index (χ3n) is 4.35. The van der Waals surface area contributed by atoms with Gasteiger partial charge in [0.1, 0.15) is 0 Å². The monoisotopic (exact) mass is 231 g/mol. The van der Waals surface area contributed by atoms with Gasteiger partial charge < -0.3 is 5.73 Å². The molecule has 1 aliphatic rings. The Morgan fingerprint density at radius 3 is 2.00 bits per heavy atom. The van der Waals surface area contributed by atoms with E-state index in [0.29, 0.717) is 5.92 Å². The van der Waals surface area contributed by atoms with Gasteiger partial charge in [0.25, 0.3) is 0 Å². The van der Waals surface area contributed by atoms with Crippen molar-refractivity contribution in [1.82, 2.24) is 0 Å². The lowest BCUT2D eigenvalue weighted by Gasteiger charge is -2.47. The fourth-order valence-corrected chi connectivity index (χ4v) is 2.78. The fraction of sp³-hybridized carbons (Fsp3) is 0.625. The first-order chi connectivity index (χ1) is 7.92. The van der Waals surface area contributed by atoms with Crippen LogP contribution in [0.25, 0.3) is 0 Å². The maximum atomic E-state index is 6.48. The van der Waals surface area contributed by atoms with Gasteiger partial charge >= 0.3 is 0 Å². The normalized spacial score (nSPS) is 28.5. The SMILES string of the molecule is CC(C)c1ccc(C2(N)CC(C(C)C)C2)cc1. The molecule has 1 aliphatic carbocycles. The van der Waals surface area contributed by atoms with Gasteiger partial charge in [0.15, 0.2) is 0 Å². The van der Waals surface area contributed by atoms with Crippen LogP contribution < -0.4 is 5.73 Å². The van der Waals surface area contributed by atoms with Gasteiger partial charge in [-0.2, -0.15) is 0 Å². The number of rotatable bonds is 3. The van der Waals surface area contributed by atoms with Crippen LogP contribution in [-0.2, 0) is 5.54 Å². The molecule has 1 heteroatoms. The minimum absolute atomic E-state index is 0.0511. The Morgan fingerprint density at radius 1 is 1.06 bits per heavy atom. The van der Waals surface area contributed by atoms with Gasteiger partial charge in [0, 0.05) is 5.54 Å². The van der Waals surface area contributed by atoms with Gasteiger partial charge in [-0.3, -0.25) is 0 Å². The van der Waals surface area contributed by atoms with Crippen LogP contribution in [0.1, 0.15) is 57.6 Å². The summed E-state index contributed by atoms with van der Waals surface area (Å²) in [6.45, 7) is 9.05. The first-order valence-corrected chi connectivity index (χ1v) is 6.82. The molecule has 0 heterocycles. The third kappa shape index (κ3) is 2.40. The Hall–Kier alpha value is -0.820. The van der Waals surface area contributed by atoms with Crippen LogP contribution >= 0.6 is 0 Å². The Bertz CT molecular complexity index is 369. The summed E-state index contributed by atoms with van der Waals surface area (Å²) in [5.74, 6) is 2.17. The Labute approximate surface area is 105 Å². The highest BCUT2D eigenvalue weighted by atomic mass is 14.8. The number of benzene rings is 1. The highest BCUT2D eigenvalue weighted by molar-refractivity contribution is 5.31. The summed E-state index contributed by atoms with van der Waals surface area (Å²) in [5.41, 5.74) is 9.15. The average molecular weight is 231 g/mol. The van der Waals surface area contributed by atoms with E-state index in [2.05, 4.69) is 52.0 Å². The second kappa shape index (κ2) is 4.45. The van der Waals surface area contributed by atoms with Gasteiger partial charge in [-0.1, -0.05) is 52.0 Å². The lowest BCUT2D eigenvalue weighted by molar-refractivity contribution is 0.105. The molecule has 1 fully saturated rings. The quantitative estimate of drug-likeness (QED) is 0.835. The van der Waals surface area contributed by atoms with Crippen molar-refractivity contribution in [2.45, 2.75) is 52.0 Å². The molecule has 0 spiro atoms. The van der Waals surface area contributed by atoms with Crippen molar-refractivity contribution in [2.24, 2.45) is 17.6 Å². The van der Waals surface area contributed by atoms with E-state index in [1.54, 1.807) is 0 Å². The van der Waals surface area contributed by atoms with E-state index in [9.17, 15) is 0 Å². The molecule has 0 unspecified atom stereocenters. The molecule has 0 radical (unpaired) electrons. The maximum absolute atomic E-state index is 6.48. The highest BCUT2D eigenvalue weighted by Gasteiger charge is 2.43. The number of hydrogen-bond acceptors (Lipinski definition) is 1. The van der Waals surface area contributed by atoms with Crippen molar-refractivity contribution in [3.63, 3.8) is 0 Å². The smallest absolute Gasteiger partial charge is 0.0415 e. The van der Waals surface area contributed by atoms with Crippen molar-refractivity contribution in [3.05, 3.63) is 35.4 Å². The second-order valence-electron chi connectivity index (χ2n) is 6.35. The zero-order valence-electron chi connectivity index (χ0n) is 11.5. The largest absolute Gasteiger partial charge is 0.321 e. The predicted octanol–water partition coefficient (Wildman–Crippen LogP) is 4.03. The molecule has 2 N–H and O–H groups in total. The van der Waals surface area contributed by atoms with Crippen LogP contribution in [0.5, 0.6) is 0 Å². The number of hydrogen-bond donors (Lipinski definition) is 1. The van der Waals surface area contributed by atoms with Crippen molar-refractivity contribution in [3.8, 4) is 0 Å². The van der Waals surface area contributed by atoms with E-state index in [1.807, 2.05) is 0 Å². The maximum Gasteiger partial charge on any atom is 0.0415 e. The number of nitrogens with two attached hydrogens (primary N) is 1. The summed E-state index contributed by atoms with van der Waals surface area (Å²) in [7, 11) is 0. The lowest BCUT2D eigenvalue weighted by Crippen LogP contribution is -2.50. The second-order valence-corrected chi connectivity index (χ2v) is 6.35. The summed E-state index contributed by atoms with van der Waals surface area (Å²) in [6.07, 6.45) is 2.29. The standard InChI is InChI=1S/C16H25N/c1-11(2)13-5-7-15(8-6-13)16(17)9-14(10-16)12(3)4/h5-8,11-12,14H,9-10,17H2,1-4H3. The molecule has 1 saturated carbocycles. The molecular formula is C16H25N. The first-order valence-electron chi connectivity index (χ1n) is 6.82. The van der Waals surface area contributed by atoms with Crippen LogP contribution in [0, 0.1) is 11.8 Å². The first kappa shape index (κ1) is 12.6. The molecule has 0 bridgehead atoms. The van der Waals surface area contributed by atoms with E-state index in [0.717, 1.165) is 24.7 Å². The molecule has 0 amide bonds. The Kier molecular flexibility index (Phi) is 3.31. The van der Waals surface area contributed by atoms with Gasteiger partial charge in [-0.05, 0) is 41.7 Å². The van der Waals surface area contributed by atoms with Crippen LogP contribution in [0.15, 0.2) is 24.3 Å². The van der Waals surface area contributed by atoms with Crippen LogP contribution in [0.2, 0.25) is 0 Å². The molecule has 0 aromatic heterocycles. The zero-order chi connectivity index (χ0) is 12.6. The van der Waals surface area contributed by atoms with Crippen molar-refractivity contribution >= 4 is 0 Å². The topological polar surface area (TPSA) is 26.0 Å². The summed E-state index contributed by atoms with van der Waals surface area (Å²) in [5, 5.41) is 0. The third-order valence-corrected chi connectivity index (χ3v) is 4.35. The summed E-state index contributed by atoms with van der Waals surface area (Å²) < 4.78 is 0. The summed E-state index contributed by atoms with van der Waals surface area (Å²) in [6, 6.07) is 8.92. The van der Waals surface area contributed by atoms with E-state index in [4.69, 9.17) is 5.73 Å². The molecule has 0 aliphatic heterocycles. The zero-order valence-corrected chi connectivity index (χ0v) is 11.5. The molecule has 0 saturated heterocycles. The molecule has 17 heavy (non-hydrogen) atoms. The van der Waals surface area contributed by atoms with E-state index >= 15 is 0 Å². The molecule has 1 aromatic carbocycles. The molecule has 0 atom stereocenters. The Morgan fingerprint density at radius 2 is 1.59 bits per heavy atom. The van der Waals surface area contributed by atoms with Crippen LogP contribution in [0.4, 0.5) is 0 Å². The molecule has 2 rings (SSSR count). The molecular weight excluding hydrogens is 206 g/mol. The Balaban J connectivity index is 2.09. The van der Waals surface area contributed by atoms with Gasteiger partial charge in [-0.25, -0.2) is 0 Å². The minimum atomic E-state index is -0.0511. The van der Waals surface area contributed by atoms with Gasteiger partial charge in [0.05, 0.1) is 0 Å². The van der Waals surface area contributed by atoms with E-state index < -0.39 is 0 Å². The summed E-state index contributed by atoms with van der Waals surface area (Å²) in [4.78, 5) is 0. The summed E-state index contributed by atoms with van der Waals surface area (Å²) >= 11 is 0. The average Bonchev–Trinajstić information content (AvgIpc) is 2.24. The van der Waals surface area contributed by atoms with Crippen LogP contribution in [-0.4, -0.2) is 0 Å². The van der Waals surface area contributed by atoms with E-state index in [-0.39, 0.29) is 5.54 Å². The van der Waals surface area contributed by atoms with E-state index in [1.165, 1.54) is 11.1 Å². The predicted molar refractivity (Wildman–Crippen MR) is 74.0 cm³/mol. The fourth-order valence-electron chi connectivity index (χ4n) is 2.78. The van der Waals surface area contributed by atoms with Crippen LogP contribution in [0.3, 0.4) is 0 Å². The van der Waals surface area contributed by atoms with Crippen molar-refractivity contribution in [2.75, 3.05) is 0 Å². The van der Waals surface area contributed by atoms with Gasteiger partial charge in [0.2, 0.25) is 0 Å². The molecule has 1 nitrogen and oxygen atoms in total. The van der Waals surface area contributed by atoms with Gasteiger partial charge in [-0.15, -0.1) is 0 Å². The lowest BCUT2D eigenvalue weighted by atomic mass is 9.62.